The second-order valence-corrected chi connectivity index (χ2v) is 15.1. The summed E-state index contributed by atoms with van der Waals surface area (Å²) in [5.41, 5.74) is 4.59. The van der Waals surface area contributed by atoms with Gasteiger partial charge in [-0.3, -0.25) is 19.2 Å². The summed E-state index contributed by atoms with van der Waals surface area (Å²) in [6.45, 7) is 12.8. The fourth-order valence-electron chi connectivity index (χ4n) is 7.17. The van der Waals surface area contributed by atoms with E-state index in [1.165, 1.54) is 0 Å². The molecule has 0 aromatic rings. The molecule has 0 radical (unpaired) electrons. The standard InChI is InChI=1S/C33H57N5O6/c1-20(2)22-14-17-38(25(22)29(41)35-23(26(39)28(34)40)18-21-12-11-13-21)30(42)27(33(6)15-9-8-10-16-33)37-31(43)36-24(19-44-7)32(3,4)5/h20-25,27H,8-19H2,1-7H3,(H2,34,40)(H,35,41)(H2,36,37,43)/t22?,23?,24-,25+,27-/m1/s1. The minimum atomic E-state index is -1.07. The normalized spacial score (nSPS) is 24.1. The number of carbonyl (C=O) groups is 5. The third kappa shape index (κ3) is 8.73. The molecule has 2 unspecified atom stereocenters. The van der Waals surface area contributed by atoms with Gasteiger partial charge in [-0.05, 0) is 54.3 Å². The number of ketones is 1. The van der Waals surface area contributed by atoms with Crippen molar-refractivity contribution < 1.29 is 28.7 Å². The molecule has 11 heteroatoms. The van der Waals surface area contributed by atoms with Crippen LogP contribution in [-0.2, 0) is 23.9 Å². The average Bonchev–Trinajstić information content (AvgIpc) is 3.37. The van der Waals surface area contributed by atoms with E-state index in [0.29, 0.717) is 26.0 Å². The van der Waals surface area contributed by atoms with Crippen LogP contribution < -0.4 is 21.7 Å². The zero-order valence-electron chi connectivity index (χ0n) is 28.0. The van der Waals surface area contributed by atoms with Crippen LogP contribution in [0.2, 0.25) is 0 Å². The molecule has 5 atom stereocenters. The largest absolute Gasteiger partial charge is 0.383 e. The second-order valence-electron chi connectivity index (χ2n) is 15.1. The highest BCUT2D eigenvalue weighted by Gasteiger charge is 2.50. The van der Waals surface area contributed by atoms with Crippen LogP contribution in [0.3, 0.4) is 0 Å². The van der Waals surface area contributed by atoms with Gasteiger partial charge in [0, 0.05) is 13.7 Å². The summed E-state index contributed by atoms with van der Waals surface area (Å²) in [6, 6.07) is -3.41. The van der Waals surface area contributed by atoms with Gasteiger partial charge < -0.3 is 31.3 Å². The second kappa shape index (κ2) is 15.1. The van der Waals surface area contributed by atoms with E-state index in [0.717, 1.165) is 51.4 Å². The Morgan fingerprint density at radius 3 is 2.09 bits per heavy atom. The number of primary amides is 1. The van der Waals surface area contributed by atoms with Crippen LogP contribution in [0.5, 0.6) is 0 Å². The van der Waals surface area contributed by atoms with Crippen molar-refractivity contribution in [1.82, 2.24) is 20.9 Å². The van der Waals surface area contributed by atoms with Gasteiger partial charge in [0.15, 0.2) is 0 Å². The molecule has 2 aliphatic carbocycles. The first-order valence-corrected chi connectivity index (χ1v) is 16.6. The molecular weight excluding hydrogens is 562 g/mol. The molecule has 3 fully saturated rings. The van der Waals surface area contributed by atoms with Crippen LogP contribution in [0.1, 0.15) is 106 Å². The number of rotatable bonds is 13. The monoisotopic (exact) mass is 619 g/mol. The molecule has 3 aliphatic rings. The fourth-order valence-corrected chi connectivity index (χ4v) is 7.17. The lowest BCUT2D eigenvalue weighted by Gasteiger charge is -2.43. The number of hydrogen-bond acceptors (Lipinski definition) is 6. The number of amides is 5. The van der Waals surface area contributed by atoms with E-state index in [1.54, 1.807) is 12.0 Å². The number of nitrogens with two attached hydrogens (primary N) is 1. The van der Waals surface area contributed by atoms with Gasteiger partial charge in [-0.15, -0.1) is 0 Å². The van der Waals surface area contributed by atoms with Crippen molar-refractivity contribution in [2.24, 2.45) is 34.3 Å². The van der Waals surface area contributed by atoms with Crippen molar-refractivity contribution in [3.05, 3.63) is 0 Å². The molecule has 1 aliphatic heterocycles. The summed E-state index contributed by atoms with van der Waals surface area (Å²) in [7, 11) is 1.59. The predicted octanol–water partition coefficient (Wildman–Crippen LogP) is 3.29. The van der Waals surface area contributed by atoms with Crippen LogP contribution in [0.25, 0.3) is 0 Å². The molecular formula is C33H57N5O6. The van der Waals surface area contributed by atoms with Crippen molar-refractivity contribution >= 4 is 29.5 Å². The van der Waals surface area contributed by atoms with E-state index < -0.39 is 47.2 Å². The van der Waals surface area contributed by atoms with Gasteiger partial charge in [0.05, 0.1) is 18.7 Å². The van der Waals surface area contributed by atoms with Gasteiger partial charge in [0.1, 0.15) is 12.1 Å². The molecule has 1 saturated heterocycles. The van der Waals surface area contributed by atoms with Gasteiger partial charge in [-0.2, -0.15) is 0 Å². The van der Waals surface area contributed by atoms with Crippen molar-refractivity contribution in [2.45, 2.75) is 130 Å². The maximum absolute atomic E-state index is 14.6. The van der Waals surface area contributed by atoms with Crippen molar-refractivity contribution in [2.75, 3.05) is 20.3 Å². The number of carbonyl (C=O) groups excluding carboxylic acids is 5. The Morgan fingerprint density at radius 2 is 1.59 bits per heavy atom. The molecule has 2 saturated carbocycles. The van der Waals surface area contributed by atoms with Crippen LogP contribution in [-0.4, -0.2) is 78.9 Å². The van der Waals surface area contributed by atoms with Crippen molar-refractivity contribution in [3.8, 4) is 0 Å². The van der Waals surface area contributed by atoms with Crippen LogP contribution in [0, 0.1) is 28.6 Å². The van der Waals surface area contributed by atoms with E-state index in [1.807, 2.05) is 34.6 Å². The van der Waals surface area contributed by atoms with E-state index in [9.17, 15) is 24.0 Å². The number of nitrogens with one attached hydrogen (secondary N) is 3. The molecule has 250 valence electrons. The lowest BCUT2D eigenvalue weighted by Crippen LogP contribution is -2.63. The summed E-state index contributed by atoms with van der Waals surface area (Å²) in [4.78, 5) is 68.3. The Labute approximate surface area is 263 Å². The zero-order chi connectivity index (χ0) is 32.8. The summed E-state index contributed by atoms with van der Waals surface area (Å²) >= 11 is 0. The quantitative estimate of drug-likeness (QED) is 0.232. The highest BCUT2D eigenvalue weighted by Crippen LogP contribution is 2.41. The van der Waals surface area contributed by atoms with Gasteiger partial charge in [-0.25, -0.2) is 4.79 Å². The van der Waals surface area contributed by atoms with E-state index in [4.69, 9.17) is 10.5 Å². The number of nitrogens with zero attached hydrogens (tertiary/aromatic N) is 1. The highest BCUT2D eigenvalue weighted by atomic mass is 16.5. The molecule has 5 N–H and O–H groups in total. The molecule has 44 heavy (non-hydrogen) atoms. The lowest BCUT2D eigenvalue weighted by molar-refractivity contribution is -0.145. The maximum atomic E-state index is 14.6. The maximum Gasteiger partial charge on any atom is 0.315 e. The summed E-state index contributed by atoms with van der Waals surface area (Å²) in [5.74, 6) is -2.43. The Bertz CT molecular complexity index is 1050. The minimum Gasteiger partial charge on any atom is -0.383 e. The Hall–Kier alpha value is -2.69. The average molecular weight is 620 g/mol. The number of ether oxygens (including phenoxy) is 1. The topological polar surface area (TPSA) is 160 Å². The zero-order valence-corrected chi connectivity index (χ0v) is 28.0. The molecule has 0 bridgehead atoms. The smallest absolute Gasteiger partial charge is 0.315 e. The molecule has 11 nitrogen and oxygen atoms in total. The van der Waals surface area contributed by atoms with Crippen molar-refractivity contribution in [1.29, 1.82) is 0 Å². The first-order chi connectivity index (χ1) is 20.6. The van der Waals surface area contributed by atoms with Gasteiger partial charge in [0.25, 0.3) is 5.91 Å². The number of hydrogen-bond donors (Lipinski definition) is 4. The number of methoxy groups -OCH3 is 1. The molecule has 0 aromatic heterocycles. The fraction of sp³-hybridized carbons (Fsp3) is 0.848. The SMILES string of the molecule is COC[C@@H](NC(=O)N[C@H](C(=O)N1CCC(C(C)C)[C@H]1C(=O)NC(CC1CCC1)C(=O)C(N)=O)C1(C)CCCCC1)C(C)(C)C. The highest BCUT2D eigenvalue weighted by molar-refractivity contribution is 6.37. The predicted molar refractivity (Wildman–Crippen MR) is 168 cm³/mol. The Morgan fingerprint density at radius 1 is 0.955 bits per heavy atom. The van der Waals surface area contributed by atoms with E-state index in [-0.39, 0.29) is 35.1 Å². The van der Waals surface area contributed by atoms with Crippen LogP contribution in [0.15, 0.2) is 0 Å². The molecule has 5 amide bonds. The Kier molecular flexibility index (Phi) is 12.2. The summed E-state index contributed by atoms with van der Waals surface area (Å²) in [5, 5.41) is 8.90. The lowest BCUT2D eigenvalue weighted by atomic mass is 9.70. The molecule has 3 rings (SSSR count). The van der Waals surface area contributed by atoms with Gasteiger partial charge in [-0.1, -0.05) is 80.1 Å². The molecule has 0 spiro atoms. The first-order valence-electron chi connectivity index (χ1n) is 16.6. The number of likely N-dealkylation sites (tertiary alicyclic amines) is 1. The number of urea groups is 1. The Balaban J connectivity index is 1.90. The molecule has 1 heterocycles. The van der Waals surface area contributed by atoms with Gasteiger partial charge >= 0.3 is 6.03 Å². The summed E-state index contributed by atoms with van der Waals surface area (Å²) in [6.07, 6.45) is 8.45. The minimum absolute atomic E-state index is 0.0852. The van der Waals surface area contributed by atoms with E-state index in [2.05, 4.69) is 22.9 Å². The third-order valence-corrected chi connectivity index (χ3v) is 10.4. The summed E-state index contributed by atoms with van der Waals surface area (Å²) < 4.78 is 5.36. The van der Waals surface area contributed by atoms with Crippen LogP contribution in [0.4, 0.5) is 4.79 Å². The van der Waals surface area contributed by atoms with E-state index >= 15 is 0 Å². The third-order valence-electron chi connectivity index (χ3n) is 10.4. The van der Waals surface area contributed by atoms with Crippen LogP contribution >= 0.6 is 0 Å². The number of Topliss-reactive ketones (excluding diaryl/α,β-unsaturated/α-hetero) is 1. The first kappa shape index (κ1) is 35.8. The molecule has 0 aromatic carbocycles. The van der Waals surface area contributed by atoms with Crippen molar-refractivity contribution in [3.63, 3.8) is 0 Å². The van der Waals surface area contributed by atoms with Gasteiger partial charge in [0.2, 0.25) is 17.6 Å².